The number of carbonyl (C=O) groups excluding carboxylic acids is 2. The Kier molecular flexibility index (Phi) is 9.67. The number of hydrogen-bond acceptors (Lipinski definition) is 6. The van der Waals surface area contributed by atoms with Gasteiger partial charge in [0.05, 0.1) is 26.4 Å². The SMILES string of the molecule is COC(=O)C(=O)c1ccc(OCCCOc2ccc(C(O)CCCc3ccccc3)cc2)cc1. The van der Waals surface area contributed by atoms with Gasteiger partial charge in [-0.15, -0.1) is 0 Å². The van der Waals surface area contributed by atoms with Crippen LogP contribution in [0.3, 0.4) is 0 Å². The van der Waals surface area contributed by atoms with E-state index in [1.54, 1.807) is 12.1 Å². The molecule has 1 unspecified atom stereocenters. The Labute approximate surface area is 200 Å². The van der Waals surface area contributed by atoms with Gasteiger partial charge in [0.1, 0.15) is 11.5 Å². The van der Waals surface area contributed by atoms with Crippen LogP contribution in [0, 0.1) is 0 Å². The second kappa shape index (κ2) is 13.2. The van der Waals surface area contributed by atoms with Gasteiger partial charge in [-0.1, -0.05) is 42.5 Å². The molecule has 0 bridgehead atoms. The molecule has 178 valence electrons. The first kappa shape index (κ1) is 25.0. The molecule has 0 saturated carbocycles. The number of ether oxygens (including phenoxy) is 3. The normalized spacial score (nSPS) is 11.5. The number of Topliss-reactive ketones (excluding diaryl/α,β-unsaturated/α-hetero) is 1. The Morgan fingerprint density at radius 2 is 1.38 bits per heavy atom. The van der Waals surface area contributed by atoms with Gasteiger partial charge in [-0.3, -0.25) is 4.79 Å². The molecule has 0 aromatic heterocycles. The second-order valence-corrected chi connectivity index (χ2v) is 7.86. The lowest BCUT2D eigenvalue weighted by molar-refractivity contribution is -0.135. The number of aryl methyl sites for hydroxylation is 1. The molecule has 0 amide bonds. The molecule has 3 aromatic rings. The van der Waals surface area contributed by atoms with E-state index in [0.29, 0.717) is 31.8 Å². The van der Waals surface area contributed by atoms with Gasteiger partial charge in [-0.05, 0) is 66.8 Å². The molecule has 6 nitrogen and oxygen atoms in total. The zero-order valence-corrected chi connectivity index (χ0v) is 19.3. The second-order valence-electron chi connectivity index (χ2n) is 7.86. The standard InChI is InChI=1S/C28H30O6/c1-32-28(31)27(30)23-13-17-25(18-14-23)34-20-6-19-33-24-15-11-22(12-16-24)26(29)10-5-9-21-7-3-2-4-8-21/h2-4,7-8,11-18,26,29H,5-6,9-10,19-20H2,1H3. The van der Waals surface area contributed by atoms with Gasteiger partial charge in [0.25, 0.3) is 5.78 Å². The van der Waals surface area contributed by atoms with Crippen molar-refractivity contribution in [1.29, 1.82) is 0 Å². The first-order valence-electron chi connectivity index (χ1n) is 11.4. The van der Waals surface area contributed by atoms with E-state index in [9.17, 15) is 14.7 Å². The number of aliphatic hydroxyl groups is 1. The molecule has 34 heavy (non-hydrogen) atoms. The van der Waals surface area contributed by atoms with Crippen molar-refractivity contribution < 1.29 is 28.9 Å². The molecule has 1 N–H and O–H groups in total. The number of methoxy groups -OCH3 is 1. The van der Waals surface area contributed by atoms with Crippen LogP contribution in [0.2, 0.25) is 0 Å². The van der Waals surface area contributed by atoms with Crippen LogP contribution in [0.4, 0.5) is 0 Å². The van der Waals surface area contributed by atoms with E-state index >= 15 is 0 Å². The van der Waals surface area contributed by atoms with E-state index in [1.807, 2.05) is 42.5 Å². The van der Waals surface area contributed by atoms with Crippen LogP contribution in [0.1, 0.15) is 46.9 Å². The quantitative estimate of drug-likeness (QED) is 0.168. The average molecular weight is 463 g/mol. The molecule has 0 radical (unpaired) electrons. The van der Waals surface area contributed by atoms with Gasteiger partial charge >= 0.3 is 5.97 Å². The maximum atomic E-state index is 11.7. The van der Waals surface area contributed by atoms with Crippen LogP contribution >= 0.6 is 0 Å². The predicted octanol–water partition coefficient (Wildman–Crippen LogP) is 4.95. The highest BCUT2D eigenvalue weighted by Crippen LogP contribution is 2.22. The third-order valence-electron chi connectivity index (χ3n) is 5.36. The first-order chi connectivity index (χ1) is 16.6. The average Bonchev–Trinajstić information content (AvgIpc) is 2.89. The highest BCUT2D eigenvalue weighted by atomic mass is 16.5. The van der Waals surface area contributed by atoms with Crippen molar-refractivity contribution >= 4 is 11.8 Å². The lowest BCUT2D eigenvalue weighted by atomic mass is 10.0. The molecular weight excluding hydrogens is 432 g/mol. The molecule has 0 fully saturated rings. The highest BCUT2D eigenvalue weighted by Gasteiger charge is 2.16. The van der Waals surface area contributed by atoms with Crippen LogP contribution in [0.25, 0.3) is 0 Å². The van der Waals surface area contributed by atoms with Crippen molar-refractivity contribution in [2.45, 2.75) is 31.8 Å². The van der Waals surface area contributed by atoms with Gasteiger partial charge in [0.2, 0.25) is 0 Å². The van der Waals surface area contributed by atoms with Gasteiger partial charge in [0.15, 0.2) is 0 Å². The van der Waals surface area contributed by atoms with Crippen molar-refractivity contribution in [2.24, 2.45) is 0 Å². The van der Waals surface area contributed by atoms with E-state index in [2.05, 4.69) is 16.9 Å². The van der Waals surface area contributed by atoms with Gasteiger partial charge < -0.3 is 19.3 Å². The van der Waals surface area contributed by atoms with Crippen molar-refractivity contribution in [2.75, 3.05) is 20.3 Å². The molecule has 0 aliphatic carbocycles. The van der Waals surface area contributed by atoms with Gasteiger partial charge in [-0.2, -0.15) is 0 Å². The number of esters is 1. The van der Waals surface area contributed by atoms with Crippen LogP contribution in [-0.2, 0) is 16.0 Å². The highest BCUT2D eigenvalue weighted by molar-refractivity contribution is 6.40. The smallest absolute Gasteiger partial charge is 0.379 e. The zero-order valence-electron chi connectivity index (χ0n) is 19.3. The Hall–Kier alpha value is -3.64. The van der Waals surface area contributed by atoms with Crippen LogP contribution in [0.5, 0.6) is 11.5 Å². The number of rotatable bonds is 13. The van der Waals surface area contributed by atoms with Crippen molar-refractivity contribution in [3.05, 3.63) is 95.6 Å². The topological polar surface area (TPSA) is 82.1 Å². The van der Waals surface area contributed by atoms with Crippen molar-refractivity contribution in [3.8, 4) is 11.5 Å². The molecule has 0 aliphatic rings. The Morgan fingerprint density at radius 1 is 0.794 bits per heavy atom. The Bertz CT molecular complexity index is 1030. The number of hydrogen-bond donors (Lipinski definition) is 1. The largest absolute Gasteiger partial charge is 0.493 e. The number of aliphatic hydroxyl groups excluding tert-OH is 1. The summed E-state index contributed by atoms with van der Waals surface area (Å²) < 4.78 is 15.8. The molecule has 3 aromatic carbocycles. The number of ketones is 1. The minimum absolute atomic E-state index is 0.257. The molecule has 0 saturated heterocycles. The molecular formula is C28H30O6. The zero-order chi connectivity index (χ0) is 24.2. The van der Waals surface area contributed by atoms with Gasteiger partial charge in [-0.25, -0.2) is 4.79 Å². The summed E-state index contributed by atoms with van der Waals surface area (Å²) in [4.78, 5) is 23.0. The minimum atomic E-state index is -0.892. The van der Waals surface area contributed by atoms with Crippen molar-refractivity contribution in [3.63, 3.8) is 0 Å². The van der Waals surface area contributed by atoms with E-state index in [-0.39, 0.29) is 5.56 Å². The monoisotopic (exact) mass is 462 g/mol. The minimum Gasteiger partial charge on any atom is -0.493 e. The summed E-state index contributed by atoms with van der Waals surface area (Å²) in [5.41, 5.74) is 2.43. The van der Waals surface area contributed by atoms with Gasteiger partial charge in [0, 0.05) is 12.0 Å². The maximum absolute atomic E-state index is 11.7. The van der Waals surface area contributed by atoms with Crippen LogP contribution in [0.15, 0.2) is 78.9 Å². The predicted molar refractivity (Wildman–Crippen MR) is 129 cm³/mol. The lowest BCUT2D eigenvalue weighted by Crippen LogP contribution is -2.15. The van der Waals surface area contributed by atoms with Crippen molar-refractivity contribution in [1.82, 2.24) is 0 Å². The summed E-state index contributed by atoms with van der Waals surface area (Å²) in [6.07, 6.45) is 2.78. The van der Waals surface area contributed by atoms with E-state index in [4.69, 9.17) is 9.47 Å². The molecule has 1 atom stereocenters. The fourth-order valence-electron chi connectivity index (χ4n) is 3.45. The Balaban J connectivity index is 1.33. The van der Waals surface area contributed by atoms with E-state index in [0.717, 1.165) is 24.2 Å². The fourth-order valence-corrected chi connectivity index (χ4v) is 3.45. The molecule has 6 heteroatoms. The van der Waals surface area contributed by atoms with E-state index < -0.39 is 17.9 Å². The number of carbonyl (C=O) groups is 2. The summed E-state index contributed by atoms with van der Waals surface area (Å²) in [5.74, 6) is -0.234. The summed E-state index contributed by atoms with van der Waals surface area (Å²) in [6.45, 7) is 0.931. The van der Waals surface area contributed by atoms with Crippen LogP contribution < -0.4 is 9.47 Å². The molecule has 0 heterocycles. The summed E-state index contributed by atoms with van der Waals surface area (Å²) in [6, 6.07) is 24.2. The number of benzene rings is 3. The molecule has 0 aliphatic heterocycles. The summed E-state index contributed by atoms with van der Waals surface area (Å²) in [5, 5.41) is 10.4. The van der Waals surface area contributed by atoms with Crippen LogP contribution in [-0.4, -0.2) is 37.2 Å². The third-order valence-corrected chi connectivity index (χ3v) is 5.36. The third kappa shape index (κ3) is 7.74. The lowest BCUT2D eigenvalue weighted by Gasteiger charge is -2.12. The first-order valence-corrected chi connectivity index (χ1v) is 11.4. The summed E-state index contributed by atoms with van der Waals surface area (Å²) in [7, 11) is 1.17. The Morgan fingerprint density at radius 3 is 1.97 bits per heavy atom. The van der Waals surface area contributed by atoms with E-state index in [1.165, 1.54) is 24.8 Å². The maximum Gasteiger partial charge on any atom is 0.379 e. The molecule has 3 rings (SSSR count). The summed E-state index contributed by atoms with van der Waals surface area (Å²) >= 11 is 0. The fraction of sp³-hybridized carbons (Fsp3) is 0.286. The molecule has 0 spiro atoms.